The summed E-state index contributed by atoms with van der Waals surface area (Å²) in [5, 5.41) is 3.36. The third-order valence-electron chi connectivity index (χ3n) is 4.84. The Hall–Kier alpha value is -1.69. The Morgan fingerprint density at radius 3 is 2.28 bits per heavy atom. The first-order chi connectivity index (χ1) is 12.2. The molecule has 1 aliphatic rings. The lowest BCUT2D eigenvalue weighted by Gasteiger charge is -2.32. The monoisotopic (exact) mass is 358 g/mol. The minimum absolute atomic E-state index is 0.639. The zero-order valence-corrected chi connectivity index (χ0v) is 15.7. The maximum absolute atomic E-state index is 13.4. The molecule has 2 atom stereocenters. The van der Waals surface area contributed by atoms with Crippen molar-refractivity contribution in [3.05, 3.63) is 60.2 Å². The topological polar surface area (TPSA) is 41.6 Å². The molecule has 1 heterocycles. The summed E-state index contributed by atoms with van der Waals surface area (Å²) in [5.41, 5.74) is 2.13. The van der Waals surface area contributed by atoms with E-state index in [-0.39, 0.29) is 0 Å². The van der Waals surface area contributed by atoms with Crippen LogP contribution in [0.25, 0.3) is 0 Å². The second kappa shape index (κ2) is 8.13. The van der Waals surface area contributed by atoms with E-state index in [1.54, 1.807) is 7.11 Å². The van der Waals surface area contributed by atoms with Gasteiger partial charge in [0.05, 0.1) is 10.8 Å². The maximum Gasteiger partial charge on any atom is 0.171 e. The summed E-state index contributed by atoms with van der Waals surface area (Å²) in [7, 11) is 0.345. The van der Waals surface area contributed by atoms with E-state index in [2.05, 4.69) is 22.3 Å². The molecule has 5 heteroatoms. The van der Waals surface area contributed by atoms with Crippen molar-refractivity contribution in [2.24, 2.45) is 0 Å². The van der Waals surface area contributed by atoms with Crippen LogP contribution in [-0.4, -0.2) is 37.5 Å². The van der Waals surface area contributed by atoms with Gasteiger partial charge in [-0.05, 0) is 36.2 Å². The Morgan fingerprint density at radius 2 is 1.72 bits per heavy atom. The van der Waals surface area contributed by atoms with E-state index < -0.39 is 15.7 Å². The number of hydrogen-bond donors (Lipinski definition) is 1. The molecular formula is C20H26N2O2S. The number of piperazine rings is 1. The molecule has 2 aromatic carbocycles. The summed E-state index contributed by atoms with van der Waals surface area (Å²) in [5.74, 6) is 0. The highest BCUT2D eigenvalue weighted by Gasteiger charge is 2.38. The Balaban J connectivity index is 1.87. The molecule has 4 nitrogen and oxygen atoms in total. The highest BCUT2D eigenvalue weighted by atomic mass is 32.2. The molecule has 1 saturated heterocycles. The number of hydrogen-bond acceptors (Lipinski definition) is 4. The van der Waals surface area contributed by atoms with Crippen molar-refractivity contribution in [2.75, 3.05) is 38.2 Å². The third-order valence-corrected chi connectivity index (χ3v) is 6.83. The van der Waals surface area contributed by atoms with Crippen molar-refractivity contribution in [1.29, 1.82) is 0 Å². The van der Waals surface area contributed by atoms with Crippen molar-refractivity contribution >= 4 is 16.5 Å². The molecule has 0 spiro atoms. The quantitative estimate of drug-likeness (QED) is 0.861. The molecule has 1 aliphatic heterocycles. The van der Waals surface area contributed by atoms with Crippen LogP contribution in [0.3, 0.4) is 0 Å². The second-order valence-corrected chi connectivity index (χ2v) is 7.84. The van der Waals surface area contributed by atoms with Crippen LogP contribution >= 0.6 is 0 Å². The van der Waals surface area contributed by atoms with Crippen LogP contribution < -0.4 is 10.2 Å². The average molecular weight is 359 g/mol. The van der Waals surface area contributed by atoms with Crippen LogP contribution in [0.2, 0.25) is 0 Å². The first-order valence-corrected chi connectivity index (χ1v) is 9.94. The van der Waals surface area contributed by atoms with Gasteiger partial charge in [0.25, 0.3) is 0 Å². The van der Waals surface area contributed by atoms with Crippen molar-refractivity contribution in [3.63, 3.8) is 0 Å². The first-order valence-electron chi connectivity index (χ1n) is 8.79. The van der Waals surface area contributed by atoms with Crippen LogP contribution in [0.5, 0.6) is 0 Å². The summed E-state index contributed by atoms with van der Waals surface area (Å²) < 4.78 is 19.2. The Bertz CT molecular complexity index is 693. The Morgan fingerprint density at radius 1 is 1.08 bits per heavy atom. The number of nitrogens with zero attached hydrogens (tertiary/aromatic N) is 1. The number of rotatable bonds is 6. The summed E-state index contributed by atoms with van der Waals surface area (Å²) in [4.78, 5) is 2.33. The van der Waals surface area contributed by atoms with Gasteiger partial charge in [-0.15, -0.1) is 0 Å². The van der Waals surface area contributed by atoms with E-state index in [1.807, 2.05) is 49.4 Å². The zero-order valence-electron chi connectivity index (χ0n) is 14.9. The van der Waals surface area contributed by atoms with Gasteiger partial charge in [-0.3, -0.25) is 4.21 Å². The summed E-state index contributed by atoms with van der Waals surface area (Å²) in [6.45, 7) is 6.03. The largest absolute Gasteiger partial charge is 0.369 e. The van der Waals surface area contributed by atoms with Crippen molar-refractivity contribution in [1.82, 2.24) is 5.32 Å². The van der Waals surface area contributed by atoms with Gasteiger partial charge in [-0.1, -0.05) is 37.3 Å². The highest BCUT2D eigenvalue weighted by molar-refractivity contribution is 7.86. The van der Waals surface area contributed by atoms with Gasteiger partial charge in [-0.2, -0.15) is 0 Å². The van der Waals surface area contributed by atoms with Gasteiger partial charge < -0.3 is 15.0 Å². The van der Waals surface area contributed by atoms with Crippen LogP contribution in [0.1, 0.15) is 18.9 Å². The molecule has 1 N–H and O–H groups in total. The number of methoxy groups -OCH3 is 1. The fraction of sp³-hybridized carbons (Fsp3) is 0.400. The molecule has 2 aromatic rings. The molecule has 0 aliphatic carbocycles. The van der Waals surface area contributed by atoms with Crippen molar-refractivity contribution in [3.8, 4) is 0 Å². The normalized spacial score (nSPS) is 18.6. The number of anilines is 1. The fourth-order valence-corrected chi connectivity index (χ4v) is 4.89. The van der Waals surface area contributed by atoms with Gasteiger partial charge in [-0.25, -0.2) is 0 Å². The lowest BCUT2D eigenvalue weighted by molar-refractivity contribution is 0.0608. The minimum Gasteiger partial charge on any atom is -0.369 e. The van der Waals surface area contributed by atoms with E-state index in [9.17, 15) is 4.21 Å². The number of ether oxygens (including phenoxy) is 1. The molecule has 0 saturated carbocycles. The van der Waals surface area contributed by atoms with Crippen LogP contribution in [0.4, 0.5) is 5.69 Å². The summed E-state index contributed by atoms with van der Waals surface area (Å²) in [6, 6.07) is 17.9. The molecule has 0 aromatic heterocycles. The van der Waals surface area contributed by atoms with E-state index in [0.29, 0.717) is 6.42 Å². The fourth-order valence-electron chi connectivity index (χ4n) is 3.37. The van der Waals surface area contributed by atoms with Gasteiger partial charge in [0.15, 0.2) is 4.93 Å². The third kappa shape index (κ3) is 3.64. The summed E-state index contributed by atoms with van der Waals surface area (Å²) >= 11 is 0. The first kappa shape index (κ1) is 18.1. The van der Waals surface area contributed by atoms with Gasteiger partial charge in [0.1, 0.15) is 0 Å². The molecule has 2 unspecified atom stereocenters. The van der Waals surface area contributed by atoms with Crippen molar-refractivity contribution < 1.29 is 8.95 Å². The molecule has 0 bridgehead atoms. The predicted molar refractivity (Wildman–Crippen MR) is 103 cm³/mol. The van der Waals surface area contributed by atoms with E-state index in [4.69, 9.17) is 4.74 Å². The second-order valence-electron chi connectivity index (χ2n) is 6.18. The Labute approximate surface area is 152 Å². The van der Waals surface area contributed by atoms with Crippen LogP contribution in [0, 0.1) is 0 Å². The van der Waals surface area contributed by atoms with Gasteiger partial charge in [0.2, 0.25) is 0 Å². The van der Waals surface area contributed by atoms with Crippen LogP contribution in [-0.2, 0) is 20.5 Å². The SMILES string of the molecule is CCC(OC)(c1ccccc1)S(=O)c1ccc(N2CCNCC2)cc1. The lowest BCUT2D eigenvalue weighted by atomic mass is 10.1. The molecule has 134 valence electrons. The van der Waals surface area contributed by atoms with E-state index in [1.165, 1.54) is 5.69 Å². The van der Waals surface area contributed by atoms with Gasteiger partial charge in [0, 0.05) is 43.9 Å². The molecule has 1 fully saturated rings. The Kier molecular flexibility index (Phi) is 5.89. The average Bonchev–Trinajstić information content (AvgIpc) is 2.71. The smallest absolute Gasteiger partial charge is 0.171 e. The molecular weight excluding hydrogens is 332 g/mol. The maximum atomic E-state index is 13.4. The lowest BCUT2D eigenvalue weighted by Crippen LogP contribution is -2.43. The van der Waals surface area contributed by atoms with Gasteiger partial charge >= 0.3 is 0 Å². The zero-order chi connectivity index (χ0) is 17.7. The van der Waals surface area contributed by atoms with E-state index >= 15 is 0 Å². The number of nitrogens with one attached hydrogen (secondary N) is 1. The van der Waals surface area contributed by atoms with E-state index in [0.717, 1.165) is 36.6 Å². The molecule has 0 radical (unpaired) electrons. The molecule has 25 heavy (non-hydrogen) atoms. The predicted octanol–water partition coefficient (Wildman–Crippen LogP) is 3.11. The van der Waals surface area contributed by atoms with Crippen molar-refractivity contribution in [2.45, 2.75) is 23.2 Å². The summed E-state index contributed by atoms with van der Waals surface area (Å²) in [6.07, 6.45) is 0.639. The highest BCUT2D eigenvalue weighted by Crippen LogP contribution is 2.36. The minimum atomic E-state index is -1.30. The molecule has 0 amide bonds. The molecule has 3 rings (SSSR count). The van der Waals surface area contributed by atoms with Crippen LogP contribution in [0.15, 0.2) is 59.5 Å². The standard InChI is InChI=1S/C20H26N2O2S/c1-3-20(24-2,17-7-5-4-6-8-17)25(23)19-11-9-18(10-12-19)22-15-13-21-14-16-22/h4-12,21H,3,13-16H2,1-2H3. The number of benzene rings is 2.